The van der Waals surface area contributed by atoms with E-state index in [0.717, 1.165) is 50.1 Å². The maximum Gasteiger partial charge on any atom is 0.242 e. The summed E-state index contributed by atoms with van der Waals surface area (Å²) >= 11 is 0. The summed E-state index contributed by atoms with van der Waals surface area (Å²) < 4.78 is 5.38. The predicted molar refractivity (Wildman–Crippen MR) is 89.8 cm³/mol. The van der Waals surface area contributed by atoms with E-state index in [-0.39, 0.29) is 11.9 Å². The first kappa shape index (κ1) is 16.8. The number of anilines is 1. The summed E-state index contributed by atoms with van der Waals surface area (Å²) in [7, 11) is 0. The summed E-state index contributed by atoms with van der Waals surface area (Å²) in [5.41, 5.74) is 2.25. The highest BCUT2D eigenvalue weighted by Gasteiger charge is 2.24. The van der Waals surface area contributed by atoms with Gasteiger partial charge in [0, 0.05) is 25.4 Å². The quantitative estimate of drug-likeness (QED) is 0.900. The molecular formula is C18H28N2O2. The van der Waals surface area contributed by atoms with Crippen LogP contribution in [0.2, 0.25) is 0 Å². The number of benzene rings is 1. The highest BCUT2D eigenvalue weighted by Crippen LogP contribution is 2.24. The molecule has 4 heteroatoms. The van der Waals surface area contributed by atoms with Gasteiger partial charge in [-0.15, -0.1) is 0 Å². The number of hydrogen-bond acceptors (Lipinski definition) is 3. The molecule has 4 nitrogen and oxygen atoms in total. The van der Waals surface area contributed by atoms with Crippen molar-refractivity contribution in [1.82, 2.24) is 5.32 Å². The molecule has 0 aliphatic carbocycles. The average Bonchev–Trinajstić information content (AvgIpc) is 2.75. The summed E-state index contributed by atoms with van der Waals surface area (Å²) in [6.07, 6.45) is 4.25. The number of carbonyl (C=O) groups excluding carboxylic acids is 1. The van der Waals surface area contributed by atoms with E-state index in [1.54, 1.807) is 0 Å². The maximum atomic E-state index is 12.2. The number of fused-ring (bicyclic) bond motifs is 1. The van der Waals surface area contributed by atoms with E-state index in [2.05, 4.69) is 22.8 Å². The van der Waals surface area contributed by atoms with E-state index < -0.39 is 0 Å². The van der Waals surface area contributed by atoms with Gasteiger partial charge in [0.15, 0.2) is 0 Å². The zero-order valence-corrected chi connectivity index (χ0v) is 13.7. The molecule has 0 radical (unpaired) electrons. The molecule has 1 amide bonds. The molecule has 2 aliphatic heterocycles. The number of ether oxygens (including phenoxy) is 1. The lowest BCUT2D eigenvalue weighted by atomic mass is 9.92. The fourth-order valence-electron chi connectivity index (χ4n) is 3.01. The Kier molecular flexibility index (Phi) is 6.72. The molecule has 2 heterocycles. The predicted octanol–water partition coefficient (Wildman–Crippen LogP) is 3.33. The molecule has 1 aromatic carbocycles. The number of carbonyl (C=O) groups is 1. The minimum Gasteiger partial charge on any atom is -0.381 e. The van der Waals surface area contributed by atoms with Crippen molar-refractivity contribution in [3.05, 3.63) is 29.8 Å². The van der Waals surface area contributed by atoms with Crippen molar-refractivity contribution in [2.75, 3.05) is 18.5 Å². The number of hydrogen-bond donors (Lipinski definition) is 2. The topological polar surface area (TPSA) is 50.4 Å². The molecule has 1 fully saturated rings. The standard InChI is InChI=1S/C16H22N2O2.C2H6/c19-16-15(6-5-12-7-9-20-10-8-12)18-14-4-2-1-3-13(14)11-17-16;1-2/h1-4,12,15,18H,5-11H2,(H,17,19);1-2H3. The first-order valence-electron chi connectivity index (χ1n) is 8.53. The maximum absolute atomic E-state index is 12.2. The molecule has 1 saturated heterocycles. The minimum atomic E-state index is -0.110. The number of para-hydroxylation sites is 1. The molecule has 0 bridgehead atoms. The van der Waals surface area contributed by atoms with Crippen molar-refractivity contribution in [3.8, 4) is 0 Å². The Labute approximate surface area is 133 Å². The molecule has 22 heavy (non-hydrogen) atoms. The second-order valence-electron chi connectivity index (χ2n) is 5.70. The van der Waals surface area contributed by atoms with E-state index >= 15 is 0 Å². The van der Waals surface area contributed by atoms with E-state index in [1.165, 1.54) is 0 Å². The summed E-state index contributed by atoms with van der Waals surface area (Å²) in [5, 5.41) is 6.42. The third-order valence-electron chi connectivity index (χ3n) is 4.32. The van der Waals surface area contributed by atoms with Crippen molar-refractivity contribution in [1.29, 1.82) is 0 Å². The summed E-state index contributed by atoms with van der Waals surface area (Å²) in [5.74, 6) is 0.824. The summed E-state index contributed by atoms with van der Waals surface area (Å²) in [4.78, 5) is 12.2. The second-order valence-corrected chi connectivity index (χ2v) is 5.70. The first-order chi connectivity index (χ1) is 10.8. The summed E-state index contributed by atoms with van der Waals surface area (Å²) in [6.45, 7) is 6.37. The summed E-state index contributed by atoms with van der Waals surface area (Å²) in [6, 6.07) is 8.02. The molecule has 3 rings (SSSR count). The lowest BCUT2D eigenvalue weighted by Gasteiger charge is -2.24. The Morgan fingerprint density at radius 1 is 1.14 bits per heavy atom. The van der Waals surface area contributed by atoms with Crippen LogP contribution >= 0.6 is 0 Å². The Morgan fingerprint density at radius 2 is 1.86 bits per heavy atom. The van der Waals surface area contributed by atoms with Crippen molar-refractivity contribution in [2.45, 2.75) is 52.1 Å². The van der Waals surface area contributed by atoms with E-state index in [9.17, 15) is 4.79 Å². The Morgan fingerprint density at radius 3 is 2.64 bits per heavy atom. The molecule has 2 aliphatic rings. The zero-order chi connectivity index (χ0) is 15.8. The number of nitrogens with one attached hydrogen (secondary N) is 2. The van der Waals surface area contributed by atoms with Crippen LogP contribution in [-0.4, -0.2) is 25.2 Å². The van der Waals surface area contributed by atoms with Gasteiger partial charge in [-0.3, -0.25) is 4.79 Å². The van der Waals surface area contributed by atoms with Crippen LogP contribution in [0.1, 0.15) is 45.1 Å². The molecule has 1 unspecified atom stereocenters. The van der Waals surface area contributed by atoms with Crippen LogP contribution in [-0.2, 0) is 16.1 Å². The highest BCUT2D eigenvalue weighted by atomic mass is 16.5. The highest BCUT2D eigenvalue weighted by molar-refractivity contribution is 5.86. The zero-order valence-electron chi connectivity index (χ0n) is 13.7. The SMILES string of the molecule is CC.O=C1NCc2ccccc2NC1CCC1CCOCC1. The van der Waals surface area contributed by atoms with Crippen LogP contribution in [0.25, 0.3) is 0 Å². The van der Waals surface area contributed by atoms with Gasteiger partial charge in [-0.1, -0.05) is 32.0 Å². The Hall–Kier alpha value is -1.55. The largest absolute Gasteiger partial charge is 0.381 e. The smallest absolute Gasteiger partial charge is 0.242 e. The van der Waals surface area contributed by atoms with Crippen LogP contribution in [0, 0.1) is 5.92 Å². The van der Waals surface area contributed by atoms with Crippen LogP contribution in [0.4, 0.5) is 5.69 Å². The van der Waals surface area contributed by atoms with Gasteiger partial charge in [0.25, 0.3) is 0 Å². The van der Waals surface area contributed by atoms with Gasteiger partial charge in [-0.25, -0.2) is 0 Å². The van der Waals surface area contributed by atoms with Crippen molar-refractivity contribution in [3.63, 3.8) is 0 Å². The first-order valence-corrected chi connectivity index (χ1v) is 8.53. The van der Waals surface area contributed by atoms with Crippen molar-refractivity contribution >= 4 is 11.6 Å². The number of amides is 1. The third kappa shape index (κ3) is 4.47. The normalized spacial score (nSPS) is 21.5. The van der Waals surface area contributed by atoms with Gasteiger partial charge >= 0.3 is 0 Å². The Bertz CT molecular complexity index is 470. The van der Waals surface area contributed by atoms with Crippen LogP contribution < -0.4 is 10.6 Å². The van der Waals surface area contributed by atoms with Gasteiger partial charge in [0.05, 0.1) is 0 Å². The van der Waals surface area contributed by atoms with Gasteiger partial charge < -0.3 is 15.4 Å². The average molecular weight is 304 g/mol. The second kappa shape index (κ2) is 8.79. The van der Waals surface area contributed by atoms with E-state index in [0.29, 0.717) is 12.5 Å². The molecule has 0 spiro atoms. The third-order valence-corrected chi connectivity index (χ3v) is 4.32. The molecule has 122 valence electrons. The lowest BCUT2D eigenvalue weighted by Crippen LogP contribution is -2.37. The fraction of sp³-hybridized carbons (Fsp3) is 0.611. The molecule has 1 atom stereocenters. The molecule has 2 N–H and O–H groups in total. The van der Waals surface area contributed by atoms with E-state index in [1.807, 2.05) is 26.0 Å². The molecular weight excluding hydrogens is 276 g/mol. The Balaban J connectivity index is 0.000000847. The van der Waals surface area contributed by atoms with Crippen LogP contribution in [0.3, 0.4) is 0 Å². The van der Waals surface area contributed by atoms with Crippen LogP contribution in [0.15, 0.2) is 24.3 Å². The lowest BCUT2D eigenvalue weighted by molar-refractivity contribution is -0.122. The number of rotatable bonds is 3. The van der Waals surface area contributed by atoms with E-state index in [4.69, 9.17) is 4.74 Å². The van der Waals surface area contributed by atoms with Gasteiger partial charge in [-0.2, -0.15) is 0 Å². The van der Waals surface area contributed by atoms with Gasteiger partial charge in [0.1, 0.15) is 6.04 Å². The monoisotopic (exact) mass is 304 g/mol. The van der Waals surface area contributed by atoms with Crippen molar-refractivity contribution in [2.24, 2.45) is 5.92 Å². The van der Waals surface area contributed by atoms with Gasteiger partial charge in [-0.05, 0) is 43.2 Å². The van der Waals surface area contributed by atoms with Crippen LogP contribution in [0.5, 0.6) is 0 Å². The van der Waals surface area contributed by atoms with Gasteiger partial charge in [0.2, 0.25) is 5.91 Å². The fourth-order valence-corrected chi connectivity index (χ4v) is 3.01. The van der Waals surface area contributed by atoms with Crippen molar-refractivity contribution < 1.29 is 9.53 Å². The molecule has 0 aromatic heterocycles. The minimum absolute atomic E-state index is 0.110. The molecule has 0 saturated carbocycles. The molecule has 1 aromatic rings.